The molecular formula is C17H18O4S. The Bertz CT molecular complexity index is 709. The Balaban J connectivity index is 2.44. The van der Waals surface area contributed by atoms with Crippen molar-refractivity contribution in [2.75, 3.05) is 7.11 Å². The van der Waals surface area contributed by atoms with Crippen molar-refractivity contribution < 1.29 is 18.5 Å². The van der Waals surface area contributed by atoms with Crippen LogP contribution >= 0.6 is 0 Å². The molecule has 1 aromatic carbocycles. The van der Waals surface area contributed by atoms with Crippen molar-refractivity contribution in [2.45, 2.75) is 25.7 Å². The number of aryl methyl sites for hydroxylation is 1. The Morgan fingerprint density at radius 2 is 1.68 bits per heavy atom. The largest absolute Gasteiger partial charge is 0.492 e. The fourth-order valence-electron chi connectivity index (χ4n) is 2.28. The van der Waals surface area contributed by atoms with E-state index >= 15 is 0 Å². The Hall–Kier alpha value is -2.01. The van der Waals surface area contributed by atoms with Crippen LogP contribution in [0.3, 0.4) is 0 Å². The third kappa shape index (κ3) is 2.95. The van der Waals surface area contributed by atoms with Crippen molar-refractivity contribution in [1.82, 2.24) is 0 Å². The highest BCUT2D eigenvalue weighted by Crippen LogP contribution is 2.29. The fraction of sp³-hybridized carbons (Fsp3) is 0.294. The van der Waals surface area contributed by atoms with Gasteiger partial charge in [0, 0.05) is 16.5 Å². The van der Waals surface area contributed by atoms with Gasteiger partial charge in [0.25, 0.3) is 0 Å². The number of carbonyl (C=O) groups excluding carboxylic acids is 2. The summed E-state index contributed by atoms with van der Waals surface area (Å²) in [5.41, 5.74) is 1.36. The normalized spacial score (nSPS) is 16.9. The van der Waals surface area contributed by atoms with Crippen molar-refractivity contribution >= 4 is 22.4 Å². The lowest BCUT2D eigenvalue weighted by atomic mass is 9.92. The number of ether oxygens (including phenoxy) is 1. The fourth-order valence-corrected chi connectivity index (χ4v) is 3.40. The minimum Gasteiger partial charge on any atom is -0.492 e. The van der Waals surface area contributed by atoms with Crippen LogP contribution in [0.15, 0.2) is 51.5 Å². The van der Waals surface area contributed by atoms with Crippen LogP contribution < -0.4 is 0 Å². The molecule has 0 amide bonds. The van der Waals surface area contributed by atoms with Crippen molar-refractivity contribution in [1.29, 1.82) is 0 Å². The standard InChI is InChI=1S/C17H18O4S/c1-10(2)15-13(18)9-14(16(19)17(15)21-4)22(20)12-7-5-11(3)6-8-12/h5-10H,1-4H3. The summed E-state index contributed by atoms with van der Waals surface area (Å²) in [6.45, 7) is 5.55. The Kier molecular flexibility index (Phi) is 4.76. The van der Waals surface area contributed by atoms with Crippen LogP contribution in [-0.4, -0.2) is 22.9 Å². The summed E-state index contributed by atoms with van der Waals surface area (Å²) >= 11 is 0. The molecule has 2 rings (SSSR count). The van der Waals surface area contributed by atoms with Crippen LogP contribution in [0.5, 0.6) is 0 Å². The molecule has 4 nitrogen and oxygen atoms in total. The Morgan fingerprint density at radius 1 is 1.09 bits per heavy atom. The highest BCUT2D eigenvalue weighted by Gasteiger charge is 2.34. The summed E-state index contributed by atoms with van der Waals surface area (Å²) in [7, 11) is -0.355. The van der Waals surface area contributed by atoms with Crippen LogP contribution in [0.4, 0.5) is 0 Å². The zero-order chi connectivity index (χ0) is 16.4. The number of ketones is 2. The molecule has 1 aliphatic rings. The van der Waals surface area contributed by atoms with E-state index in [0.29, 0.717) is 10.5 Å². The summed E-state index contributed by atoms with van der Waals surface area (Å²) in [5, 5.41) is 0. The minimum atomic E-state index is -1.70. The van der Waals surface area contributed by atoms with E-state index in [1.165, 1.54) is 13.2 Å². The van der Waals surface area contributed by atoms with E-state index in [2.05, 4.69) is 0 Å². The molecule has 0 N–H and O–H groups in total. The molecule has 0 bridgehead atoms. The van der Waals surface area contributed by atoms with Crippen LogP contribution in [0.25, 0.3) is 0 Å². The van der Waals surface area contributed by atoms with Gasteiger partial charge in [-0.25, -0.2) is 4.21 Å². The first-order chi connectivity index (χ1) is 10.4. The van der Waals surface area contributed by atoms with E-state index in [9.17, 15) is 13.8 Å². The molecule has 0 saturated carbocycles. The zero-order valence-electron chi connectivity index (χ0n) is 13.0. The zero-order valence-corrected chi connectivity index (χ0v) is 13.8. The molecule has 5 heteroatoms. The molecule has 0 aromatic heterocycles. The second-order valence-electron chi connectivity index (χ2n) is 5.39. The van der Waals surface area contributed by atoms with Gasteiger partial charge in [0.05, 0.1) is 22.8 Å². The van der Waals surface area contributed by atoms with Crippen molar-refractivity contribution in [3.8, 4) is 0 Å². The third-order valence-corrected chi connectivity index (χ3v) is 4.82. The summed E-state index contributed by atoms with van der Waals surface area (Å²) in [6, 6.07) is 7.02. The second kappa shape index (κ2) is 6.40. The second-order valence-corrected chi connectivity index (χ2v) is 6.83. The first-order valence-electron chi connectivity index (χ1n) is 6.94. The molecule has 0 saturated heterocycles. The lowest BCUT2D eigenvalue weighted by molar-refractivity contribution is -0.118. The predicted molar refractivity (Wildman–Crippen MR) is 84.6 cm³/mol. The van der Waals surface area contributed by atoms with Crippen molar-refractivity contribution in [3.63, 3.8) is 0 Å². The molecule has 0 fully saturated rings. The van der Waals surface area contributed by atoms with Gasteiger partial charge in [-0.1, -0.05) is 31.5 Å². The number of allylic oxidation sites excluding steroid dienone is 3. The summed E-state index contributed by atoms with van der Waals surface area (Å²) in [4.78, 5) is 25.2. The van der Waals surface area contributed by atoms with E-state index in [1.54, 1.807) is 12.1 Å². The maximum atomic E-state index is 12.6. The highest BCUT2D eigenvalue weighted by atomic mass is 32.2. The highest BCUT2D eigenvalue weighted by molar-refractivity contribution is 7.90. The van der Waals surface area contributed by atoms with Crippen LogP contribution in [0.1, 0.15) is 19.4 Å². The van der Waals surface area contributed by atoms with E-state index < -0.39 is 16.6 Å². The first kappa shape index (κ1) is 16.4. The Morgan fingerprint density at radius 3 is 2.18 bits per heavy atom. The molecule has 1 aromatic rings. The summed E-state index contributed by atoms with van der Waals surface area (Å²) < 4.78 is 17.7. The smallest absolute Gasteiger partial charge is 0.237 e. The monoisotopic (exact) mass is 318 g/mol. The number of rotatable bonds is 4. The molecule has 116 valence electrons. The van der Waals surface area contributed by atoms with Gasteiger partial charge in [-0.2, -0.15) is 0 Å². The summed E-state index contributed by atoms with van der Waals surface area (Å²) in [6.07, 6.45) is 1.18. The van der Waals surface area contributed by atoms with Crippen LogP contribution in [-0.2, 0) is 25.1 Å². The molecule has 0 spiro atoms. The lowest BCUT2D eigenvalue weighted by Crippen LogP contribution is -2.25. The van der Waals surface area contributed by atoms with Crippen molar-refractivity contribution in [2.24, 2.45) is 5.92 Å². The molecular weight excluding hydrogens is 300 g/mol. The average Bonchev–Trinajstić information content (AvgIpc) is 2.48. The number of hydrogen-bond acceptors (Lipinski definition) is 4. The van der Waals surface area contributed by atoms with E-state index in [1.807, 2.05) is 32.9 Å². The summed E-state index contributed by atoms with van der Waals surface area (Å²) in [5.74, 6) is -0.943. The number of methoxy groups -OCH3 is 1. The molecule has 0 aliphatic heterocycles. The van der Waals surface area contributed by atoms with Gasteiger partial charge in [0.2, 0.25) is 5.78 Å². The topological polar surface area (TPSA) is 60.4 Å². The molecule has 1 atom stereocenters. The average molecular weight is 318 g/mol. The van der Waals surface area contributed by atoms with E-state index in [0.717, 1.165) is 5.56 Å². The third-order valence-electron chi connectivity index (χ3n) is 3.42. The minimum absolute atomic E-state index is 0.00189. The number of hydrogen-bond donors (Lipinski definition) is 0. The van der Waals surface area contributed by atoms with E-state index in [4.69, 9.17) is 4.74 Å². The van der Waals surface area contributed by atoms with Gasteiger partial charge in [-0.05, 0) is 25.0 Å². The van der Waals surface area contributed by atoms with Crippen LogP contribution in [0, 0.1) is 12.8 Å². The van der Waals surface area contributed by atoms with Crippen molar-refractivity contribution in [3.05, 3.63) is 52.1 Å². The van der Waals surface area contributed by atoms with Gasteiger partial charge in [0.15, 0.2) is 11.5 Å². The molecule has 0 heterocycles. The van der Waals surface area contributed by atoms with Gasteiger partial charge in [-0.15, -0.1) is 0 Å². The predicted octanol–water partition coefficient (Wildman–Crippen LogP) is 2.69. The van der Waals surface area contributed by atoms with Gasteiger partial charge in [-0.3, -0.25) is 9.59 Å². The number of benzene rings is 1. The van der Waals surface area contributed by atoms with Gasteiger partial charge >= 0.3 is 0 Å². The van der Waals surface area contributed by atoms with E-state index in [-0.39, 0.29) is 22.4 Å². The molecule has 1 unspecified atom stereocenters. The molecule has 0 radical (unpaired) electrons. The maximum Gasteiger partial charge on any atom is 0.237 e. The molecule has 1 aliphatic carbocycles. The Labute approximate surface area is 132 Å². The molecule has 22 heavy (non-hydrogen) atoms. The quantitative estimate of drug-likeness (QED) is 0.801. The number of carbonyl (C=O) groups is 2. The van der Waals surface area contributed by atoms with Gasteiger partial charge in [0.1, 0.15) is 0 Å². The van der Waals surface area contributed by atoms with Crippen LogP contribution in [0.2, 0.25) is 0 Å². The number of Topliss-reactive ketones (excluding diaryl/α,β-unsaturated/α-hetero) is 1. The SMILES string of the molecule is COC1=C(C(C)C)C(=O)C=C(S(=O)c2ccc(C)cc2)C1=O. The maximum absolute atomic E-state index is 12.6. The van der Waals surface area contributed by atoms with Gasteiger partial charge < -0.3 is 4.74 Å². The lowest BCUT2D eigenvalue weighted by Gasteiger charge is -2.19. The first-order valence-corrected chi connectivity index (χ1v) is 8.09.